The summed E-state index contributed by atoms with van der Waals surface area (Å²) in [6.45, 7) is 4.50. The zero-order valence-electron chi connectivity index (χ0n) is 44.5. The molecule has 8 aromatic heterocycles. The van der Waals surface area contributed by atoms with Crippen molar-refractivity contribution in [3.63, 3.8) is 0 Å². The van der Waals surface area contributed by atoms with E-state index in [1.54, 1.807) is 37.8 Å². The van der Waals surface area contributed by atoms with Crippen LogP contribution < -0.4 is 67.5 Å². The summed E-state index contributed by atoms with van der Waals surface area (Å²) >= 11 is 0. The van der Waals surface area contributed by atoms with Gasteiger partial charge in [-0.15, -0.1) is 0 Å². The van der Waals surface area contributed by atoms with Gasteiger partial charge < -0.3 is 64.6 Å². The smallest absolute Gasteiger partial charge is 0.548 e. The molecule has 1 saturated heterocycles. The molecule has 422 valence electrons. The number of carbonyl (C=O) groups excluding carboxylic acids is 6. The van der Waals surface area contributed by atoms with Crippen LogP contribution >= 0.6 is 0 Å². The Morgan fingerprint density at radius 1 is 0.707 bits per heavy atom. The summed E-state index contributed by atoms with van der Waals surface area (Å²) in [5.41, 5.74) is 5.58. The van der Waals surface area contributed by atoms with E-state index in [0.717, 1.165) is 31.4 Å². The molecule has 0 bridgehead atoms. The van der Waals surface area contributed by atoms with E-state index in [2.05, 4.69) is 55.2 Å². The Hall–Kier alpha value is -9.65. The third kappa shape index (κ3) is 15.4. The molecule has 1 aromatic carbocycles. The second-order valence-electron chi connectivity index (χ2n) is 17.9. The van der Waals surface area contributed by atoms with Crippen molar-refractivity contribution >= 4 is 86.1 Å². The minimum Gasteiger partial charge on any atom is -0.548 e. The Morgan fingerprint density at radius 2 is 1.20 bits per heavy atom. The van der Waals surface area contributed by atoms with Crippen LogP contribution in [0.25, 0.3) is 44.1 Å². The molecule has 9 heterocycles. The van der Waals surface area contributed by atoms with Gasteiger partial charge in [0.2, 0.25) is 18.1 Å². The number of H-pyrrole nitrogens is 4. The zero-order valence-corrected chi connectivity index (χ0v) is 46.5. The quantitative estimate of drug-likeness (QED) is 0.0275. The van der Waals surface area contributed by atoms with E-state index < -0.39 is 78.1 Å². The van der Waals surface area contributed by atoms with Crippen LogP contribution in [0.4, 0.5) is 0 Å². The zero-order chi connectivity index (χ0) is 58.5. The van der Waals surface area contributed by atoms with Crippen LogP contribution in [0.15, 0.2) is 106 Å². The van der Waals surface area contributed by atoms with Crippen LogP contribution in [-0.4, -0.2) is 131 Å². The number of carbonyl (C=O) groups is 7. The molecule has 10 rings (SSSR count). The summed E-state index contributed by atoms with van der Waals surface area (Å²) in [6, 6.07) is 9.37. The number of nitrogens with one attached hydrogen (secondary N) is 6. The summed E-state index contributed by atoms with van der Waals surface area (Å²) in [6.07, 6.45) is 10.7. The number of ether oxygens (including phenoxy) is 3. The number of aromatic nitrogens is 12. The van der Waals surface area contributed by atoms with Gasteiger partial charge in [-0.2, -0.15) is 0 Å². The van der Waals surface area contributed by atoms with Gasteiger partial charge in [-0.25, -0.2) is 19.9 Å². The Labute approximate surface area is 482 Å². The van der Waals surface area contributed by atoms with E-state index in [9.17, 15) is 57.8 Å². The van der Waals surface area contributed by atoms with Gasteiger partial charge in [0.25, 0.3) is 22.2 Å². The number of amides is 2. The normalized spacial score (nSPS) is 13.7. The standard InChI is InChI=1S/C20H20N4O5.C13H14N4O5.2C9H9N3O3.Na/c1-12-8-21-18-17(12)22-11-24(19(18)27)9-15(25)23-14-7-16(26)29-20(14)28-10-13-5-3-2-4-6-13;1-7-3-14-12-11(7)15-6-17(13(12)22)4-9(19)16-8(5-18)2-10(20)21;1-5-2-10-8-7(5)11-4-12(9(8)15)3-6(13)14;1-15-7(13)4-12-5-11-6-2-3-10-8(6)9(12)14;/h2-6,8,11,14,20-21H,7,9-10H2,1H3,(H,23,25);3,5-6,8,14H,2,4H2,1H3,(H,16,19)(H,20,21);2,4,10H,3H2,1H3,(H,13,14);2-3,5,10H,4H2,1H3;/q;;;;+1/p-1/t14-,20?;8-;;;/m00.../s1. The van der Waals surface area contributed by atoms with Gasteiger partial charge in [0.05, 0.1) is 92.5 Å². The van der Waals surface area contributed by atoms with Crippen molar-refractivity contribution in [2.24, 2.45) is 0 Å². The summed E-state index contributed by atoms with van der Waals surface area (Å²) in [5, 5.41) is 23.9. The van der Waals surface area contributed by atoms with E-state index in [1.807, 2.05) is 44.2 Å². The van der Waals surface area contributed by atoms with Crippen LogP contribution in [0, 0.1) is 20.8 Å². The van der Waals surface area contributed by atoms with Crippen molar-refractivity contribution in [2.75, 3.05) is 7.11 Å². The number of nitrogens with zero attached hydrogens (tertiary/aromatic N) is 8. The molecule has 82 heavy (non-hydrogen) atoms. The van der Waals surface area contributed by atoms with Crippen molar-refractivity contribution in [2.45, 2.75) is 84.8 Å². The molecular weight excluding hydrogens is 1090 g/mol. The monoisotopic (exact) mass is 1140 g/mol. The van der Waals surface area contributed by atoms with Crippen molar-refractivity contribution in [1.82, 2.24) is 68.8 Å². The Kier molecular flexibility index (Phi) is 21.0. The van der Waals surface area contributed by atoms with Crippen molar-refractivity contribution < 1.29 is 87.5 Å². The number of cyclic esters (lactones) is 1. The van der Waals surface area contributed by atoms with Gasteiger partial charge >= 0.3 is 47.5 Å². The number of esters is 2. The van der Waals surface area contributed by atoms with Gasteiger partial charge in [-0.05, 0) is 49.1 Å². The molecule has 0 radical (unpaired) electrons. The topological polar surface area (TPSA) is 417 Å². The maximum absolute atomic E-state index is 12.5. The summed E-state index contributed by atoms with van der Waals surface area (Å²) < 4.78 is 19.8. The fraction of sp³-hybridized carbons (Fsp3) is 0.275. The second kappa shape index (κ2) is 28.0. The third-order valence-electron chi connectivity index (χ3n) is 12.0. The number of hydrogen-bond acceptors (Lipinski definition) is 19. The number of aliphatic carboxylic acids is 2. The second-order valence-corrected chi connectivity index (χ2v) is 17.9. The predicted molar refractivity (Wildman–Crippen MR) is 281 cm³/mol. The number of carboxylic acid groups (broad SMARTS) is 2. The van der Waals surface area contributed by atoms with Crippen LogP contribution in [0.3, 0.4) is 0 Å². The first-order valence-corrected chi connectivity index (χ1v) is 24.2. The molecule has 1 aliphatic rings. The molecule has 9 aromatic rings. The van der Waals surface area contributed by atoms with E-state index >= 15 is 0 Å². The average molecular weight is 1140 g/mol. The fourth-order valence-corrected chi connectivity index (χ4v) is 7.96. The molecule has 0 aliphatic carbocycles. The molecule has 1 fully saturated rings. The minimum absolute atomic E-state index is 0. The van der Waals surface area contributed by atoms with Gasteiger partial charge in [0.15, 0.2) is 0 Å². The maximum Gasteiger partial charge on any atom is 1.00 e. The van der Waals surface area contributed by atoms with E-state index in [0.29, 0.717) is 44.9 Å². The number of methoxy groups -OCH3 is 1. The van der Waals surface area contributed by atoms with Gasteiger partial charge in [-0.1, -0.05) is 30.3 Å². The number of carboxylic acids is 2. The molecule has 1 unspecified atom stereocenters. The molecule has 0 saturated carbocycles. The number of hydrogen-bond donors (Lipinski definition) is 7. The van der Waals surface area contributed by atoms with Crippen molar-refractivity contribution in [3.05, 3.63) is 150 Å². The van der Waals surface area contributed by atoms with Crippen LogP contribution in [0.1, 0.15) is 35.1 Å². The van der Waals surface area contributed by atoms with Crippen molar-refractivity contribution in [3.8, 4) is 0 Å². The van der Waals surface area contributed by atoms with E-state index in [-0.39, 0.29) is 78.9 Å². The third-order valence-corrected chi connectivity index (χ3v) is 12.0. The Bertz CT molecular complexity index is 4060. The molecule has 31 heteroatoms. The number of benzene rings is 1. The number of rotatable bonds is 16. The first-order chi connectivity index (χ1) is 38.7. The van der Waals surface area contributed by atoms with Gasteiger partial charge in [-0.3, -0.25) is 61.4 Å². The Balaban J connectivity index is 0.000000182. The average Bonchev–Trinajstić information content (AvgIpc) is 4.43. The number of aldehydes is 1. The molecule has 2 amide bonds. The molecule has 30 nitrogen and oxygen atoms in total. The van der Waals surface area contributed by atoms with Crippen LogP contribution in [0.5, 0.6) is 0 Å². The number of fused-ring (bicyclic) bond motifs is 4. The fourth-order valence-electron chi connectivity index (χ4n) is 7.96. The Morgan fingerprint density at radius 3 is 1.70 bits per heavy atom. The molecule has 1 aliphatic heterocycles. The molecular formula is C51H51N14NaO16. The molecule has 3 atom stereocenters. The van der Waals surface area contributed by atoms with E-state index in [4.69, 9.17) is 14.6 Å². The van der Waals surface area contributed by atoms with Gasteiger partial charge in [0.1, 0.15) is 54.0 Å². The minimum atomic E-state index is -1.32. The van der Waals surface area contributed by atoms with Gasteiger partial charge in [0, 0.05) is 24.8 Å². The summed E-state index contributed by atoms with van der Waals surface area (Å²) in [5.74, 6) is -4.54. The van der Waals surface area contributed by atoms with E-state index in [1.165, 1.54) is 41.6 Å². The summed E-state index contributed by atoms with van der Waals surface area (Å²) in [7, 11) is 1.27. The predicted octanol–water partition coefficient (Wildman–Crippen LogP) is -4.12. The maximum atomic E-state index is 12.5. The SMILES string of the molecule is COC(=O)Cn1cnc2cc[nH]c2c1=O.Cc1c[nH]c2c(=O)n(CC(=O)N[C@H](C=O)CC(=O)O)cnc12.Cc1c[nH]c2c(=O)n(CC(=O)N[C@H]3CC(=O)OC3OCc3ccccc3)cnc12.Cc1c[nH]c2c(=O)n(CC(=O)[O-])cnc12.[Na+]. The first kappa shape index (κ1) is 61.6. The molecule has 7 N–H and O–H groups in total. The van der Waals surface area contributed by atoms with Crippen LogP contribution in [-0.2, 0) is 80.6 Å². The first-order valence-electron chi connectivity index (χ1n) is 24.2. The number of aromatic amines is 4. The summed E-state index contributed by atoms with van der Waals surface area (Å²) in [4.78, 5) is 154. The molecule has 0 spiro atoms. The largest absolute Gasteiger partial charge is 1.00 e. The number of aryl methyl sites for hydroxylation is 3. The van der Waals surface area contributed by atoms with Crippen molar-refractivity contribution in [1.29, 1.82) is 0 Å². The van der Waals surface area contributed by atoms with Crippen LogP contribution in [0.2, 0.25) is 0 Å².